The number of piperazine rings is 1. The Morgan fingerprint density at radius 3 is 2.46 bits per heavy atom. The molecule has 1 atom stereocenters. The van der Waals surface area contributed by atoms with Gasteiger partial charge in [0.15, 0.2) is 11.6 Å². The standard InChI is InChI=1S/C19H24F2N4O/c1-23-8-10-25(11-9-23)18(17-4-3-7-24(17)2)13-22-19(26)14-5-6-15(20)16(21)12-14/h3-7,12,18H,8-11,13H2,1-2H3,(H,22,26)/t18-/m1/s1. The van der Waals surface area contributed by atoms with E-state index in [2.05, 4.69) is 22.2 Å². The Morgan fingerprint density at radius 1 is 1.12 bits per heavy atom. The third-order valence-electron chi connectivity index (χ3n) is 4.94. The second kappa shape index (κ2) is 7.97. The SMILES string of the molecule is CN1CCN([C@H](CNC(=O)c2ccc(F)c(F)c2)c2cccn2C)CC1. The number of benzene rings is 1. The number of carbonyl (C=O) groups excluding carboxylic acids is 1. The fraction of sp³-hybridized carbons (Fsp3) is 0.421. The van der Waals surface area contributed by atoms with E-state index in [1.165, 1.54) is 6.07 Å². The van der Waals surface area contributed by atoms with Gasteiger partial charge in [-0.15, -0.1) is 0 Å². The first-order chi connectivity index (χ1) is 12.5. The third kappa shape index (κ3) is 4.11. The van der Waals surface area contributed by atoms with Gasteiger partial charge in [-0.25, -0.2) is 8.78 Å². The van der Waals surface area contributed by atoms with Gasteiger partial charge in [0.05, 0.1) is 6.04 Å². The van der Waals surface area contributed by atoms with Gasteiger partial charge in [-0.2, -0.15) is 0 Å². The molecule has 26 heavy (non-hydrogen) atoms. The summed E-state index contributed by atoms with van der Waals surface area (Å²) in [5, 5.41) is 2.87. The van der Waals surface area contributed by atoms with Gasteiger partial charge in [-0.1, -0.05) is 0 Å². The summed E-state index contributed by atoms with van der Waals surface area (Å²) in [6.45, 7) is 4.16. The van der Waals surface area contributed by atoms with Crippen LogP contribution in [0.4, 0.5) is 8.78 Å². The van der Waals surface area contributed by atoms with Gasteiger partial charge < -0.3 is 14.8 Å². The van der Waals surface area contributed by atoms with E-state index in [0.717, 1.165) is 44.0 Å². The van der Waals surface area contributed by atoms with Crippen LogP contribution in [0.5, 0.6) is 0 Å². The predicted molar refractivity (Wildman–Crippen MR) is 95.9 cm³/mol. The average molecular weight is 362 g/mol. The third-order valence-corrected chi connectivity index (χ3v) is 4.94. The van der Waals surface area contributed by atoms with Crippen molar-refractivity contribution in [3.8, 4) is 0 Å². The van der Waals surface area contributed by atoms with Crippen LogP contribution >= 0.6 is 0 Å². The van der Waals surface area contributed by atoms with Crippen molar-refractivity contribution in [3.63, 3.8) is 0 Å². The Bertz CT molecular complexity index is 769. The number of likely N-dealkylation sites (N-methyl/N-ethyl adjacent to an activating group) is 1. The minimum Gasteiger partial charge on any atom is -0.353 e. The number of aromatic nitrogens is 1. The summed E-state index contributed by atoms with van der Waals surface area (Å²) in [6.07, 6.45) is 1.98. The summed E-state index contributed by atoms with van der Waals surface area (Å²) in [6, 6.07) is 7.25. The average Bonchev–Trinajstić information content (AvgIpc) is 3.04. The molecule has 3 rings (SSSR count). The Labute approximate surface area is 152 Å². The zero-order chi connectivity index (χ0) is 18.7. The number of nitrogens with one attached hydrogen (secondary N) is 1. The molecule has 0 saturated carbocycles. The van der Waals surface area contributed by atoms with Crippen molar-refractivity contribution in [1.29, 1.82) is 0 Å². The second-order valence-electron chi connectivity index (χ2n) is 6.74. The van der Waals surface area contributed by atoms with E-state index in [-0.39, 0.29) is 11.6 Å². The van der Waals surface area contributed by atoms with E-state index < -0.39 is 17.5 Å². The highest BCUT2D eigenvalue weighted by Crippen LogP contribution is 2.22. The Kier molecular flexibility index (Phi) is 5.68. The van der Waals surface area contributed by atoms with E-state index in [9.17, 15) is 13.6 Å². The number of nitrogens with zero attached hydrogens (tertiary/aromatic N) is 3. The molecule has 2 heterocycles. The van der Waals surface area contributed by atoms with Crippen molar-refractivity contribution in [3.05, 3.63) is 59.4 Å². The Hall–Kier alpha value is -2.25. The minimum absolute atomic E-state index is 0.0259. The molecular formula is C19H24F2N4O. The van der Waals surface area contributed by atoms with Gasteiger partial charge in [-0.3, -0.25) is 9.69 Å². The summed E-state index contributed by atoms with van der Waals surface area (Å²) in [7, 11) is 4.08. The van der Waals surface area contributed by atoms with Gasteiger partial charge in [0, 0.05) is 57.2 Å². The molecule has 1 saturated heterocycles. The van der Waals surface area contributed by atoms with Crippen LogP contribution in [-0.4, -0.2) is 60.0 Å². The number of aryl methyl sites for hydroxylation is 1. The molecule has 1 aromatic heterocycles. The summed E-state index contributed by atoms with van der Waals surface area (Å²) in [5.41, 5.74) is 1.23. The van der Waals surface area contributed by atoms with Crippen molar-refractivity contribution < 1.29 is 13.6 Å². The van der Waals surface area contributed by atoms with Crippen LogP contribution in [0.2, 0.25) is 0 Å². The molecule has 1 aromatic carbocycles. The molecule has 1 aliphatic heterocycles. The highest BCUT2D eigenvalue weighted by molar-refractivity contribution is 5.94. The predicted octanol–water partition coefficient (Wildman–Crippen LogP) is 2.02. The van der Waals surface area contributed by atoms with Crippen molar-refractivity contribution in [2.24, 2.45) is 7.05 Å². The fourth-order valence-corrected chi connectivity index (χ4v) is 3.30. The summed E-state index contributed by atoms with van der Waals surface area (Å²) < 4.78 is 28.5. The molecule has 1 aliphatic rings. The molecule has 0 aliphatic carbocycles. The van der Waals surface area contributed by atoms with Crippen LogP contribution in [0, 0.1) is 11.6 Å². The first-order valence-corrected chi connectivity index (χ1v) is 8.73. The van der Waals surface area contributed by atoms with E-state index in [0.29, 0.717) is 6.54 Å². The van der Waals surface area contributed by atoms with Gasteiger partial charge in [0.1, 0.15) is 0 Å². The molecule has 0 bridgehead atoms. The van der Waals surface area contributed by atoms with Gasteiger partial charge in [-0.05, 0) is 37.4 Å². The molecule has 140 valence electrons. The first-order valence-electron chi connectivity index (χ1n) is 8.73. The van der Waals surface area contributed by atoms with Crippen molar-refractivity contribution >= 4 is 5.91 Å². The lowest BCUT2D eigenvalue weighted by Gasteiger charge is -2.38. The Balaban J connectivity index is 1.72. The fourth-order valence-electron chi connectivity index (χ4n) is 3.30. The van der Waals surface area contributed by atoms with E-state index in [1.54, 1.807) is 0 Å². The maximum Gasteiger partial charge on any atom is 0.251 e. The van der Waals surface area contributed by atoms with Crippen molar-refractivity contribution in [2.75, 3.05) is 39.8 Å². The number of halogens is 2. The quantitative estimate of drug-likeness (QED) is 0.885. The number of rotatable bonds is 5. The van der Waals surface area contributed by atoms with Gasteiger partial charge in [0.25, 0.3) is 5.91 Å². The lowest BCUT2D eigenvalue weighted by molar-refractivity contribution is 0.0876. The molecule has 0 unspecified atom stereocenters. The highest BCUT2D eigenvalue weighted by atomic mass is 19.2. The monoisotopic (exact) mass is 362 g/mol. The van der Waals surface area contributed by atoms with Crippen LogP contribution in [0.25, 0.3) is 0 Å². The maximum atomic E-state index is 13.4. The Morgan fingerprint density at radius 2 is 1.85 bits per heavy atom. The van der Waals surface area contributed by atoms with Crippen molar-refractivity contribution in [2.45, 2.75) is 6.04 Å². The zero-order valence-electron chi connectivity index (χ0n) is 15.1. The van der Waals surface area contributed by atoms with Crippen LogP contribution in [-0.2, 0) is 7.05 Å². The van der Waals surface area contributed by atoms with Crippen LogP contribution in [0.15, 0.2) is 36.5 Å². The highest BCUT2D eigenvalue weighted by Gasteiger charge is 2.26. The van der Waals surface area contributed by atoms with Crippen molar-refractivity contribution in [1.82, 2.24) is 19.7 Å². The molecule has 2 aromatic rings. The maximum absolute atomic E-state index is 13.4. The number of hydrogen-bond acceptors (Lipinski definition) is 3. The van der Waals surface area contributed by atoms with E-state index >= 15 is 0 Å². The molecule has 0 spiro atoms. The van der Waals surface area contributed by atoms with Crippen LogP contribution < -0.4 is 5.32 Å². The number of hydrogen-bond donors (Lipinski definition) is 1. The lowest BCUT2D eigenvalue weighted by Crippen LogP contribution is -2.48. The first kappa shape index (κ1) is 18.5. The number of amides is 1. The molecule has 1 fully saturated rings. The summed E-state index contributed by atoms with van der Waals surface area (Å²) >= 11 is 0. The van der Waals surface area contributed by atoms with Crippen LogP contribution in [0.3, 0.4) is 0 Å². The molecule has 7 heteroatoms. The summed E-state index contributed by atoms with van der Waals surface area (Å²) in [4.78, 5) is 17.0. The lowest BCUT2D eigenvalue weighted by atomic mass is 10.1. The largest absolute Gasteiger partial charge is 0.353 e. The van der Waals surface area contributed by atoms with Gasteiger partial charge >= 0.3 is 0 Å². The summed E-state index contributed by atoms with van der Waals surface area (Å²) in [5.74, 6) is -2.38. The van der Waals surface area contributed by atoms with Gasteiger partial charge in [0.2, 0.25) is 0 Å². The normalized spacial score (nSPS) is 17.2. The number of carbonyl (C=O) groups is 1. The molecule has 1 N–H and O–H groups in total. The van der Waals surface area contributed by atoms with Crippen LogP contribution in [0.1, 0.15) is 22.1 Å². The molecule has 5 nitrogen and oxygen atoms in total. The minimum atomic E-state index is -1.02. The topological polar surface area (TPSA) is 40.5 Å². The van der Waals surface area contributed by atoms with E-state index in [4.69, 9.17) is 0 Å². The molecule has 1 amide bonds. The zero-order valence-corrected chi connectivity index (χ0v) is 15.1. The van der Waals surface area contributed by atoms with E-state index in [1.807, 2.05) is 29.9 Å². The second-order valence-corrected chi connectivity index (χ2v) is 6.74. The molecular weight excluding hydrogens is 338 g/mol. The smallest absolute Gasteiger partial charge is 0.251 e. The molecule has 0 radical (unpaired) electrons.